The number of nitrogens with zero attached hydrogens (tertiary/aromatic N) is 2. The van der Waals surface area contributed by atoms with E-state index in [2.05, 4.69) is 47.6 Å². The molecule has 104 valence electrons. The van der Waals surface area contributed by atoms with E-state index in [1.165, 1.54) is 16.7 Å². The average molecular weight is 285 g/mol. The molecule has 0 radical (unpaired) electrons. The van der Waals surface area contributed by atoms with Crippen molar-refractivity contribution in [2.24, 2.45) is 5.73 Å². The Kier molecular flexibility index (Phi) is 3.59. The lowest BCUT2D eigenvalue weighted by Gasteiger charge is -2.11. The third kappa shape index (κ3) is 2.76. The number of hydrogen-bond donors (Lipinski definition) is 1. The van der Waals surface area contributed by atoms with Crippen LogP contribution in [0.2, 0.25) is 0 Å². The zero-order valence-electron chi connectivity index (χ0n) is 11.8. The van der Waals surface area contributed by atoms with Gasteiger partial charge in [-0.3, -0.25) is 4.40 Å². The molecule has 2 N–H and O–H groups in total. The fourth-order valence-electron chi connectivity index (χ4n) is 2.45. The molecule has 0 saturated carbocycles. The number of rotatable bonds is 4. The van der Waals surface area contributed by atoms with Crippen LogP contribution in [0, 0.1) is 13.8 Å². The summed E-state index contributed by atoms with van der Waals surface area (Å²) in [5, 5.41) is 2.04. The predicted molar refractivity (Wildman–Crippen MR) is 84.4 cm³/mol. The maximum Gasteiger partial charge on any atom is 0.193 e. The van der Waals surface area contributed by atoms with Gasteiger partial charge < -0.3 is 5.73 Å². The number of nitrogens with two attached hydrogens (primary N) is 1. The van der Waals surface area contributed by atoms with E-state index in [0.717, 1.165) is 23.5 Å². The summed E-state index contributed by atoms with van der Waals surface area (Å²) in [5.41, 5.74) is 11.3. The fraction of sp³-hybridized carbons (Fsp3) is 0.312. The molecule has 2 aromatic heterocycles. The summed E-state index contributed by atoms with van der Waals surface area (Å²) < 4.78 is 2.06. The van der Waals surface area contributed by atoms with E-state index in [-0.39, 0.29) is 6.04 Å². The SMILES string of the molecule is Cc1ccc(CC(N)Cc2cn3ccsc3n2)cc1C. The van der Waals surface area contributed by atoms with E-state index in [0.29, 0.717) is 0 Å². The number of hydrogen-bond acceptors (Lipinski definition) is 3. The lowest BCUT2D eigenvalue weighted by atomic mass is 9.99. The molecular weight excluding hydrogens is 266 g/mol. The Morgan fingerprint density at radius 1 is 1.25 bits per heavy atom. The Bertz CT molecular complexity index is 698. The van der Waals surface area contributed by atoms with Crippen LogP contribution in [0.25, 0.3) is 4.96 Å². The quantitative estimate of drug-likeness (QED) is 0.800. The van der Waals surface area contributed by atoms with Crippen molar-refractivity contribution >= 4 is 16.3 Å². The van der Waals surface area contributed by atoms with Gasteiger partial charge in [0.1, 0.15) is 0 Å². The van der Waals surface area contributed by atoms with Crippen molar-refractivity contribution < 1.29 is 0 Å². The molecule has 2 heterocycles. The van der Waals surface area contributed by atoms with Gasteiger partial charge in [0.2, 0.25) is 0 Å². The maximum absolute atomic E-state index is 6.27. The third-order valence-electron chi connectivity index (χ3n) is 3.68. The van der Waals surface area contributed by atoms with E-state index >= 15 is 0 Å². The Morgan fingerprint density at radius 2 is 2.10 bits per heavy atom. The molecule has 0 spiro atoms. The van der Waals surface area contributed by atoms with Crippen molar-refractivity contribution in [1.82, 2.24) is 9.38 Å². The Balaban J connectivity index is 1.68. The molecule has 0 fully saturated rings. The molecular formula is C16H19N3S. The molecule has 0 saturated heterocycles. The molecule has 3 rings (SSSR count). The molecule has 0 amide bonds. The van der Waals surface area contributed by atoms with Gasteiger partial charge in [-0.2, -0.15) is 0 Å². The van der Waals surface area contributed by atoms with Gasteiger partial charge in [-0.05, 0) is 37.0 Å². The van der Waals surface area contributed by atoms with Crippen LogP contribution in [-0.2, 0) is 12.8 Å². The van der Waals surface area contributed by atoms with Gasteiger partial charge in [-0.1, -0.05) is 18.2 Å². The largest absolute Gasteiger partial charge is 0.327 e. The number of aromatic nitrogens is 2. The Labute approximate surface area is 123 Å². The highest BCUT2D eigenvalue weighted by Gasteiger charge is 2.10. The van der Waals surface area contributed by atoms with Gasteiger partial charge in [-0.25, -0.2) is 4.98 Å². The summed E-state index contributed by atoms with van der Waals surface area (Å²) in [6.07, 6.45) is 5.82. The van der Waals surface area contributed by atoms with Gasteiger partial charge in [0.15, 0.2) is 4.96 Å². The fourth-order valence-corrected chi connectivity index (χ4v) is 3.17. The van der Waals surface area contributed by atoms with Crippen LogP contribution < -0.4 is 5.73 Å². The van der Waals surface area contributed by atoms with Gasteiger partial charge in [0.25, 0.3) is 0 Å². The molecule has 4 heteroatoms. The van der Waals surface area contributed by atoms with Crippen LogP contribution in [-0.4, -0.2) is 15.4 Å². The van der Waals surface area contributed by atoms with Gasteiger partial charge >= 0.3 is 0 Å². The maximum atomic E-state index is 6.27. The first-order chi connectivity index (χ1) is 9.61. The molecule has 20 heavy (non-hydrogen) atoms. The Hall–Kier alpha value is -1.65. The molecule has 0 aliphatic rings. The van der Waals surface area contributed by atoms with Crippen LogP contribution >= 0.6 is 11.3 Å². The van der Waals surface area contributed by atoms with E-state index in [4.69, 9.17) is 5.73 Å². The number of benzene rings is 1. The summed E-state index contributed by atoms with van der Waals surface area (Å²) >= 11 is 1.65. The molecule has 1 aromatic carbocycles. The minimum absolute atomic E-state index is 0.113. The molecule has 3 nitrogen and oxygen atoms in total. The minimum Gasteiger partial charge on any atom is -0.327 e. The van der Waals surface area contributed by atoms with Crippen molar-refractivity contribution in [3.63, 3.8) is 0 Å². The monoisotopic (exact) mass is 285 g/mol. The molecule has 0 aliphatic carbocycles. The topological polar surface area (TPSA) is 43.3 Å². The lowest BCUT2D eigenvalue weighted by Crippen LogP contribution is -2.25. The number of thiazole rings is 1. The van der Waals surface area contributed by atoms with E-state index in [1.54, 1.807) is 11.3 Å². The van der Waals surface area contributed by atoms with E-state index in [9.17, 15) is 0 Å². The highest BCUT2D eigenvalue weighted by atomic mass is 32.1. The predicted octanol–water partition coefficient (Wildman–Crippen LogP) is 3.13. The summed E-state index contributed by atoms with van der Waals surface area (Å²) in [6.45, 7) is 4.28. The van der Waals surface area contributed by atoms with Crippen molar-refractivity contribution in [3.05, 3.63) is 58.4 Å². The van der Waals surface area contributed by atoms with Crippen LogP contribution in [0.15, 0.2) is 36.0 Å². The summed E-state index contributed by atoms with van der Waals surface area (Å²) in [5.74, 6) is 0. The molecule has 3 aromatic rings. The van der Waals surface area contributed by atoms with Crippen molar-refractivity contribution in [3.8, 4) is 0 Å². The number of fused-ring (bicyclic) bond motifs is 1. The second-order valence-electron chi connectivity index (χ2n) is 5.41. The van der Waals surface area contributed by atoms with Gasteiger partial charge in [0, 0.05) is 30.2 Å². The first-order valence-corrected chi connectivity index (χ1v) is 7.72. The smallest absolute Gasteiger partial charge is 0.193 e. The summed E-state index contributed by atoms with van der Waals surface area (Å²) in [6, 6.07) is 6.69. The summed E-state index contributed by atoms with van der Waals surface area (Å²) in [4.78, 5) is 5.63. The second-order valence-corrected chi connectivity index (χ2v) is 6.29. The normalized spacial score (nSPS) is 12.9. The molecule has 1 unspecified atom stereocenters. The van der Waals surface area contributed by atoms with Crippen LogP contribution in [0.3, 0.4) is 0 Å². The average Bonchev–Trinajstić information content (AvgIpc) is 2.94. The number of aryl methyl sites for hydroxylation is 2. The van der Waals surface area contributed by atoms with E-state index in [1.807, 2.05) is 11.6 Å². The first-order valence-electron chi connectivity index (χ1n) is 6.84. The van der Waals surface area contributed by atoms with Crippen molar-refractivity contribution in [2.45, 2.75) is 32.7 Å². The molecule has 0 aliphatic heterocycles. The highest BCUT2D eigenvalue weighted by molar-refractivity contribution is 7.15. The molecule has 0 bridgehead atoms. The Morgan fingerprint density at radius 3 is 2.85 bits per heavy atom. The van der Waals surface area contributed by atoms with Crippen molar-refractivity contribution in [1.29, 1.82) is 0 Å². The minimum atomic E-state index is 0.113. The van der Waals surface area contributed by atoms with Gasteiger partial charge in [-0.15, -0.1) is 11.3 Å². The first kappa shape index (κ1) is 13.3. The summed E-state index contributed by atoms with van der Waals surface area (Å²) in [7, 11) is 0. The van der Waals surface area contributed by atoms with E-state index < -0.39 is 0 Å². The lowest BCUT2D eigenvalue weighted by molar-refractivity contribution is 0.656. The molecule has 1 atom stereocenters. The van der Waals surface area contributed by atoms with Crippen LogP contribution in [0.5, 0.6) is 0 Å². The van der Waals surface area contributed by atoms with Crippen LogP contribution in [0.1, 0.15) is 22.4 Å². The van der Waals surface area contributed by atoms with Gasteiger partial charge in [0.05, 0.1) is 5.69 Å². The standard InChI is InChI=1S/C16H19N3S/c1-11-3-4-13(7-12(11)2)8-14(17)9-15-10-19-5-6-20-16(19)18-15/h3-7,10,14H,8-9,17H2,1-2H3. The highest BCUT2D eigenvalue weighted by Crippen LogP contribution is 2.15. The zero-order chi connectivity index (χ0) is 14.1. The number of imidazole rings is 1. The van der Waals surface area contributed by atoms with Crippen molar-refractivity contribution in [2.75, 3.05) is 0 Å². The van der Waals surface area contributed by atoms with Crippen LogP contribution in [0.4, 0.5) is 0 Å². The third-order valence-corrected chi connectivity index (χ3v) is 4.45. The zero-order valence-corrected chi connectivity index (χ0v) is 12.7. The second kappa shape index (κ2) is 5.38.